The summed E-state index contributed by atoms with van der Waals surface area (Å²) in [6.45, 7) is 4.12. The Labute approximate surface area is 147 Å². The lowest BCUT2D eigenvalue weighted by atomic mass is 10.1. The first-order valence-corrected chi connectivity index (χ1v) is 8.10. The van der Waals surface area contributed by atoms with Crippen LogP contribution in [0.2, 0.25) is 0 Å². The highest BCUT2D eigenvalue weighted by Crippen LogP contribution is 2.27. The Hall–Kier alpha value is -2.89. The monoisotopic (exact) mass is 342 g/mol. The van der Waals surface area contributed by atoms with Crippen LogP contribution in [0, 0.1) is 17.0 Å². The quantitative estimate of drug-likeness (QED) is 0.570. The fourth-order valence-corrected chi connectivity index (χ4v) is 2.38. The number of nitro benzene ring substituents is 1. The number of hydrogen-bond donors (Lipinski definition) is 0. The van der Waals surface area contributed by atoms with Crippen LogP contribution in [0.25, 0.3) is 0 Å². The molecule has 0 radical (unpaired) electrons. The smallest absolute Gasteiger partial charge is 0.310 e. The molecule has 0 heterocycles. The van der Waals surface area contributed by atoms with Crippen LogP contribution in [-0.4, -0.2) is 29.4 Å². The van der Waals surface area contributed by atoms with Crippen molar-refractivity contribution in [1.29, 1.82) is 0 Å². The average molecular weight is 342 g/mol. The third-order valence-corrected chi connectivity index (χ3v) is 3.94. The Bertz CT molecular complexity index is 757. The number of benzene rings is 2. The molecule has 0 atom stereocenters. The Balaban J connectivity index is 1.97. The Kier molecular flexibility index (Phi) is 6.11. The van der Waals surface area contributed by atoms with Crippen molar-refractivity contribution in [2.75, 3.05) is 13.7 Å². The molecule has 1 amide bonds. The first-order valence-electron chi connectivity index (χ1n) is 8.10. The number of nitrogens with zero attached hydrogens (tertiary/aromatic N) is 2. The van der Waals surface area contributed by atoms with Crippen molar-refractivity contribution in [2.45, 2.75) is 26.8 Å². The molecule has 0 fully saturated rings. The maximum absolute atomic E-state index is 12.2. The summed E-state index contributed by atoms with van der Waals surface area (Å²) in [6.07, 6.45) is 0.970. The van der Waals surface area contributed by atoms with E-state index in [1.165, 1.54) is 11.6 Å². The minimum Gasteiger partial charge on any atom is -0.477 e. The van der Waals surface area contributed by atoms with Crippen molar-refractivity contribution in [1.82, 2.24) is 4.90 Å². The number of likely N-dealkylation sites (N-methyl/N-ethyl adjacent to an activating group) is 1. The van der Waals surface area contributed by atoms with Gasteiger partial charge in [-0.3, -0.25) is 14.9 Å². The molecular formula is C19H22N2O4. The molecular weight excluding hydrogens is 320 g/mol. The molecule has 0 saturated carbocycles. The summed E-state index contributed by atoms with van der Waals surface area (Å²) in [5.41, 5.74) is 2.95. The van der Waals surface area contributed by atoms with Crippen molar-refractivity contribution < 1.29 is 14.5 Å². The second-order valence-corrected chi connectivity index (χ2v) is 5.94. The van der Waals surface area contributed by atoms with Crippen LogP contribution in [0.1, 0.15) is 23.6 Å². The predicted octanol–water partition coefficient (Wildman–Crippen LogP) is 3.50. The van der Waals surface area contributed by atoms with Crippen molar-refractivity contribution in [2.24, 2.45) is 0 Å². The van der Waals surface area contributed by atoms with Crippen LogP contribution in [0.15, 0.2) is 42.5 Å². The molecule has 0 bridgehead atoms. The topological polar surface area (TPSA) is 72.7 Å². The number of ether oxygens (including phenoxy) is 1. The van der Waals surface area contributed by atoms with Gasteiger partial charge in [-0.2, -0.15) is 0 Å². The van der Waals surface area contributed by atoms with Gasteiger partial charge in [0.1, 0.15) is 0 Å². The van der Waals surface area contributed by atoms with Crippen LogP contribution in [0.4, 0.5) is 5.69 Å². The summed E-state index contributed by atoms with van der Waals surface area (Å²) in [6, 6.07) is 12.7. The maximum atomic E-state index is 12.2. The Morgan fingerprint density at radius 2 is 1.80 bits per heavy atom. The Morgan fingerprint density at radius 3 is 2.40 bits per heavy atom. The van der Waals surface area contributed by atoms with Gasteiger partial charge >= 0.3 is 5.69 Å². The summed E-state index contributed by atoms with van der Waals surface area (Å²) in [5.74, 6) is -0.130. The van der Waals surface area contributed by atoms with E-state index in [1.54, 1.807) is 24.1 Å². The summed E-state index contributed by atoms with van der Waals surface area (Å²) in [5, 5.41) is 11.0. The van der Waals surface area contributed by atoms with Gasteiger partial charge in [-0.1, -0.05) is 37.3 Å². The summed E-state index contributed by atoms with van der Waals surface area (Å²) < 4.78 is 5.40. The largest absolute Gasteiger partial charge is 0.477 e. The van der Waals surface area contributed by atoms with Gasteiger partial charge in [0.05, 0.1) is 4.92 Å². The van der Waals surface area contributed by atoms with Crippen molar-refractivity contribution in [3.05, 3.63) is 69.3 Å². The third kappa shape index (κ3) is 5.04. The maximum Gasteiger partial charge on any atom is 0.310 e. The molecule has 25 heavy (non-hydrogen) atoms. The van der Waals surface area contributed by atoms with E-state index in [0.717, 1.165) is 17.5 Å². The normalized spacial score (nSPS) is 10.4. The standard InChI is InChI=1S/C19H22N2O4/c1-4-15-6-8-16(9-7-15)12-20(3)19(22)13-25-18-11-14(2)5-10-17(18)21(23)24/h5-11H,4,12-13H2,1-3H3. The van der Waals surface area contributed by atoms with Gasteiger partial charge in [0.25, 0.3) is 5.91 Å². The molecule has 0 aromatic heterocycles. The first kappa shape index (κ1) is 18.4. The van der Waals surface area contributed by atoms with Gasteiger partial charge in [-0.15, -0.1) is 0 Å². The highest BCUT2D eigenvalue weighted by molar-refractivity contribution is 5.77. The lowest BCUT2D eigenvalue weighted by molar-refractivity contribution is -0.385. The molecule has 0 spiro atoms. The molecule has 2 aromatic rings. The van der Waals surface area contributed by atoms with E-state index < -0.39 is 4.92 Å². The third-order valence-electron chi connectivity index (χ3n) is 3.94. The van der Waals surface area contributed by atoms with Gasteiger partial charge in [-0.05, 0) is 36.1 Å². The number of hydrogen-bond acceptors (Lipinski definition) is 4. The van der Waals surface area contributed by atoms with E-state index >= 15 is 0 Å². The van der Waals surface area contributed by atoms with Crippen molar-refractivity contribution in [3.63, 3.8) is 0 Å². The summed E-state index contributed by atoms with van der Waals surface area (Å²) in [4.78, 5) is 24.3. The average Bonchev–Trinajstić information content (AvgIpc) is 2.60. The van der Waals surface area contributed by atoms with Gasteiger partial charge < -0.3 is 9.64 Å². The van der Waals surface area contributed by atoms with E-state index in [1.807, 2.05) is 31.2 Å². The number of nitro groups is 1. The molecule has 0 unspecified atom stereocenters. The van der Waals surface area contributed by atoms with Crippen LogP contribution >= 0.6 is 0 Å². The van der Waals surface area contributed by atoms with Crippen molar-refractivity contribution >= 4 is 11.6 Å². The van der Waals surface area contributed by atoms with Crippen LogP contribution < -0.4 is 4.74 Å². The molecule has 0 aliphatic rings. The summed E-state index contributed by atoms with van der Waals surface area (Å²) in [7, 11) is 1.68. The van der Waals surface area contributed by atoms with E-state index in [-0.39, 0.29) is 24.0 Å². The summed E-state index contributed by atoms with van der Waals surface area (Å²) >= 11 is 0. The van der Waals surface area contributed by atoms with Gasteiger partial charge in [0, 0.05) is 19.7 Å². The van der Waals surface area contributed by atoms with Crippen LogP contribution in [-0.2, 0) is 17.8 Å². The second kappa shape index (κ2) is 8.28. The van der Waals surface area contributed by atoms with Gasteiger partial charge in [0.15, 0.2) is 12.4 Å². The molecule has 0 aliphatic heterocycles. The lowest BCUT2D eigenvalue weighted by Gasteiger charge is -2.18. The fraction of sp³-hybridized carbons (Fsp3) is 0.316. The molecule has 2 rings (SSSR count). The zero-order valence-electron chi connectivity index (χ0n) is 14.7. The van der Waals surface area contributed by atoms with E-state index in [4.69, 9.17) is 4.74 Å². The molecule has 6 heteroatoms. The van der Waals surface area contributed by atoms with E-state index in [9.17, 15) is 14.9 Å². The van der Waals surface area contributed by atoms with Crippen molar-refractivity contribution in [3.8, 4) is 5.75 Å². The molecule has 132 valence electrons. The zero-order chi connectivity index (χ0) is 18.4. The van der Waals surface area contributed by atoms with Gasteiger partial charge in [0.2, 0.25) is 0 Å². The predicted molar refractivity (Wildman–Crippen MR) is 95.6 cm³/mol. The molecule has 6 nitrogen and oxygen atoms in total. The van der Waals surface area contributed by atoms with E-state index in [2.05, 4.69) is 6.92 Å². The number of rotatable bonds is 7. The minimum absolute atomic E-state index is 0.110. The van der Waals surface area contributed by atoms with Crippen LogP contribution in [0.5, 0.6) is 5.75 Å². The highest BCUT2D eigenvalue weighted by atomic mass is 16.6. The highest BCUT2D eigenvalue weighted by Gasteiger charge is 2.17. The number of amides is 1. The number of aryl methyl sites for hydroxylation is 2. The Morgan fingerprint density at radius 1 is 1.16 bits per heavy atom. The molecule has 0 N–H and O–H groups in total. The number of carbonyl (C=O) groups excluding carboxylic acids is 1. The van der Waals surface area contributed by atoms with E-state index in [0.29, 0.717) is 6.54 Å². The molecule has 0 aliphatic carbocycles. The second-order valence-electron chi connectivity index (χ2n) is 5.94. The van der Waals surface area contributed by atoms with Gasteiger partial charge in [-0.25, -0.2) is 0 Å². The first-order chi connectivity index (χ1) is 11.9. The fourth-order valence-electron chi connectivity index (χ4n) is 2.38. The zero-order valence-corrected chi connectivity index (χ0v) is 14.7. The minimum atomic E-state index is -0.516. The lowest BCUT2D eigenvalue weighted by Crippen LogP contribution is -2.31. The molecule has 2 aromatic carbocycles. The van der Waals surface area contributed by atoms with Crippen LogP contribution in [0.3, 0.4) is 0 Å². The molecule has 0 saturated heterocycles. The SMILES string of the molecule is CCc1ccc(CN(C)C(=O)COc2cc(C)ccc2[N+](=O)[O-])cc1. The number of carbonyl (C=O) groups is 1.